The van der Waals surface area contributed by atoms with Crippen LogP contribution >= 0.6 is 0 Å². The Bertz CT molecular complexity index is 665. The molecule has 1 unspecified atom stereocenters. The topological polar surface area (TPSA) is 61.9 Å². The molecule has 6 nitrogen and oxygen atoms in total. The van der Waals surface area contributed by atoms with Crippen LogP contribution in [0, 0.1) is 12.8 Å². The molecule has 6 heteroatoms. The van der Waals surface area contributed by atoms with Crippen molar-refractivity contribution in [3.8, 4) is 5.75 Å². The van der Waals surface area contributed by atoms with E-state index < -0.39 is 6.10 Å². The Kier molecular flexibility index (Phi) is 7.31. The van der Waals surface area contributed by atoms with Crippen LogP contribution < -0.4 is 10.1 Å². The second-order valence-electron chi connectivity index (χ2n) is 7.96. The SMILES string of the molecule is Cc1ccccc1OC(C)C(=O)N1CCN(C(=O)CCC2CCNCC2)CC1. The van der Waals surface area contributed by atoms with Crippen molar-refractivity contribution in [2.24, 2.45) is 5.92 Å². The van der Waals surface area contributed by atoms with Crippen LogP contribution in [0.1, 0.15) is 38.2 Å². The minimum absolute atomic E-state index is 0.00921. The quantitative estimate of drug-likeness (QED) is 0.813. The number of ether oxygens (including phenoxy) is 1. The van der Waals surface area contributed by atoms with Crippen LogP contribution in [0.2, 0.25) is 0 Å². The van der Waals surface area contributed by atoms with Gasteiger partial charge in [-0.2, -0.15) is 0 Å². The third-order valence-electron chi connectivity index (χ3n) is 5.91. The highest BCUT2D eigenvalue weighted by atomic mass is 16.5. The lowest BCUT2D eigenvalue weighted by atomic mass is 9.93. The number of aryl methyl sites for hydroxylation is 1. The van der Waals surface area contributed by atoms with Crippen molar-refractivity contribution in [3.63, 3.8) is 0 Å². The first-order valence-electron chi connectivity index (χ1n) is 10.5. The van der Waals surface area contributed by atoms with Crippen molar-refractivity contribution in [2.75, 3.05) is 39.3 Å². The van der Waals surface area contributed by atoms with Gasteiger partial charge in [-0.25, -0.2) is 0 Å². The maximum absolute atomic E-state index is 12.7. The molecule has 2 fully saturated rings. The van der Waals surface area contributed by atoms with Crippen LogP contribution in [0.15, 0.2) is 24.3 Å². The fraction of sp³-hybridized carbons (Fsp3) is 0.636. The fourth-order valence-electron chi connectivity index (χ4n) is 4.02. The number of amides is 2. The Morgan fingerprint density at radius 2 is 1.75 bits per heavy atom. The van der Waals surface area contributed by atoms with Gasteiger partial charge in [0, 0.05) is 32.6 Å². The molecule has 1 N–H and O–H groups in total. The van der Waals surface area contributed by atoms with Gasteiger partial charge in [0.2, 0.25) is 5.91 Å². The van der Waals surface area contributed by atoms with E-state index in [0.29, 0.717) is 38.5 Å². The maximum atomic E-state index is 12.7. The molecular weight excluding hydrogens is 354 g/mol. The van der Waals surface area contributed by atoms with E-state index in [1.165, 1.54) is 12.8 Å². The number of carbonyl (C=O) groups is 2. The highest BCUT2D eigenvalue weighted by Crippen LogP contribution is 2.20. The summed E-state index contributed by atoms with van der Waals surface area (Å²) in [6, 6.07) is 7.72. The molecule has 28 heavy (non-hydrogen) atoms. The lowest BCUT2D eigenvalue weighted by Crippen LogP contribution is -2.53. The van der Waals surface area contributed by atoms with Gasteiger partial charge in [-0.15, -0.1) is 0 Å². The summed E-state index contributed by atoms with van der Waals surface area (Å²) in [4.78, 5) is 29.0. The van der Waals surface area contributed by atoms with Gasteiger partial charge in [-0.05, 0) is 63.7 Å². The number of para-hydroxylation sites is 1. The van der Waals surface area contributed by atoms with E-state index in [9.17, 15) is 9.59 Å². The van der Waals surface area contributed by atoms with E-state index >= 15 is 0 Å². The van der Waals surface area contributed by atoms with Gasteiger partial charge in [0.25, 0.3) is 5.91 Å². The largest absolute Gasteiger partial charge is 0.481 e. The molecule has 2 saturated heterocycles. The number of piperazine rings is 1. The molecule has 2 amide bonds. The van der Waals surface area contributed by atoms with Gasteiger partial charge in [0.05, 0.1) is 0 Å². The van der Waals surface area contributed by atoms with Crippen molar-refractivity contribution < 1.29 is 14.3 Å². The van der Waals surface area contributed by atoms with Crippen molar-refractivity contribution in [1.29, 1.82) is 0 Å². The number of piperidine rings is 1. The molecule has 154 valence electrons. The zero-order valence-corrected chi connectivity index (χ0v) is 17.2. The smallest absolute Gasteiger partial charge is 0.263 e. The average molecular weight is 388 g/mol. The van der Waals surface area contributed by atoms with Crippen molar-refractivity contribution in [1.82, 2.24) is 15.1 Å². The van der Waals surface area contributed by atoms with Gasteiger partial charge in [-0.3, -0.25) is 9.59 Å². The summed E-state index contributed by atoms with van der Waals surface area (Å²) < 4.78 is 5.86. The number of hydrogen-bond donors (Lipinski definition) is 1. The first-order valence-corrected chi connectivity index (χ1v) is 10.5. The number of rotatable bonds is 6. The minimum atomic E-state index is -0.525. The summed E-state index contributed by atoms with van der Waals surface area (Å²) in [7, 11) is 0. The van der Waals surface area contributed by atoms with Crippen LogP contribution in [-0.2, 0) is 9.59 Å². The lowest BCUT2D eigenvalue weighted by Gasteiger charge is -2.36. The second kappa shape index (κ2) is 9.92. The summed E-state index contributed by atoms with van der Waals surface area (Å²) >= 11 is 0. The molecule has 0 bridgehead atoms. The maximum Gasteiger partial charge on any atom is 0.263 e. The van der Waals surface area contributed by atoms with E-state index in [-0.39, 0.29) is 11.8 Å². The molecule has 0 aromatic heterocycles. The third-order valence-corrected chi connectivity index (χ3v) is 5.91. The zero-order valence-electron chi connectivity index (χ0n) is 17.2. The molecule has 0 saturated carbocycles. The molecule has 2 aliphatic heterocycles. The summed E-state index contributed by atoms with van der Waals surface area (Å²) in [5.74, 6) is 1.64. The highest BCUT2D eigenvalue weighted by molar-refractivity contribution is 5.81. The van der Waals surface area contributed by atoms with Crippen molar-refractivity contribution in [2.45, 2.75) is 45.6 Å². The summed E-state index contributed by atoms with van der Waals surface area (Å²) in [5.41, 5.74) is 1.02. The van der Waals surface area contributed by atoms with E-state index in [1.54, 1.807) is 6.92 Å². The number of nitrogens with one attached hydrogen (secondary N) is 1. The van der Waals surface area contributed by atoms with Crippen LogP contribution in [0.3, 0.4) is 0 Å². The van der Waals surface area contributed by atoms with Gasteiger partial charge >= 0.3 is 0 Å². The summed E-state index contributed by atoms with van der Waals surface area (Å²) in [5, 5.41) is 3.37. The van der Waals surface area contributed by atoms with E-state index in [2.05, 4.69) is 5.32 Å². The van der Waals surface area contributed by atoms with Crippen LogP contribution in [0.4, 0.5) is 0 Å². The van der Waals surface area contributed by atoms with Gasteiger partial charge in [0.15, 0.2) is 6.10 Å². The predicted molar refractivity (Wildman–Crippen MR) is 109 cm³/mol. The van der Waals surface area contributed by atoms with Crippen LogP contribution in [0.5, 0.6) is 5.75 Å². The number of carbonyl (C=O) groups excluding carboxylic acids is 2. The number of benzene rings is 1. The second-order valence-corrected chi connectivity index (χ2v) is 7.96. The molecule has 1 atom stereocenters. The molecule has 2 heterocycles. The predicted octanol–water partition coefficient (Wildman–Crippen LogP) is 2.21. The molecular formula is C22H33N3O3. The Morgan fingerprint density at radius 3 is 2.43 bits per heavy atom. The van der Waals surface area contributed by atoms with Gasteiger partial charge < -0.3 is 19.9 Å². The monoisotopic (exact) mass is 387 g/mol. The van der Waals surface area contributed by atoms with Crippen LogP contribution in [0.25, 0.3) is 0 Å². The molecule has 0 aliphatic carbocycles. The van der Waals surface area contributed by atoms with E-state index in [4.69, 9.17) is 4.74 Å². The molecule has 0 radical (unpaired) electrons. The Balaban J connectivity index is 1.41. The van der Waals surface area contributed by atoms with Crippen LogP contribution in [-0.4, -0.2) is 67.0 Å². The minimum Gasteiger partial charge on any atom is -0.481 e. The Hall–Kier alpha value is -2.08. The fourth-order valence-corrected chi connectivity index (χ4v) is 4.02. The Morgan fingerprint density at radius 1 is 1.11 bits per heavy atom. The van der Waals surface area contributed by atoms with Gasteiger partial charge in [-0.1, -0.05) is 18.2 Å². The van der Waals surface area contributed by atoms with Gasteiger partial charge in [0.1, 0.15) is 5.75 Å². The summed E-state index contributed by atoms with van der Waals surface area (Å²) in [6.07, 6.45) is 3.44. The standard InChI is InChI=1S/C22H33N3O3/c1-17-5-3-4-6-20(17)28-18(2)22(27)25-15-13-24(14-16-25)21(26)8-7-19-9-11-23-12-10-19/h3-6,18-19,23H,7-16H2,1-2H3. The lowest BCUT2D eigenvalue weighted by molar-refractivity contribution is -0.143. The van der Waals surface area contributed by atoms with Crippen molar-refractivity contribution in [3.05, 3.63) is 29.8 Å². The Labute approximate surface area is 168 Å². The number of hydrogen-bond acceptors (Lipinski definition) is 4. The highest BCUT2D eigenvalue weighted by Gasteiger charge is 2.28. The molecule has 1 aromatic rings. The molecule has 3 rings (SSSR count). The molecule has 2 aliphatic rings. The first-order chi connectivity index (χ1) is 13.5. The molecule has 1 aromatic carbocycles. The van der Waals surface area contributed by atoms with Crippen molar-refractivity contribution >= 4 is 11.8 Å². The third kappa shape index (κ3) is 5.47. The molecule has 0 spiro atoms. The van der Waals surface area contributed by atoms with E-state index in [1.807, 2.05) is 41.0 Å². The summed E-state index contributed by atoms with van der Waals surface area (Å²) in [6.45, 7) is 8.32. The zero-order chi connectivity index (χ0) is 19.9. The first kappa shape index (κ1) is 20.6. The number of nitrogens with zero attached hydrogens (tertiary/aromatic N) is 2. The van der Waals surface area contributed by atoms with E-state index in [0.717, 1.165) is 30.8 Å². The average Bonchev–Trinajstić information content (AvgIpc) is 2.74. The normalized spacial score (nSPS) is 19.4.